The highest BCUT2D eigenvalue weighted by molar-refractivity contribution is 5.98. The lowest BCUT2D eigenvalue weighted by Gasteiger charge is -2.19. The highest BCUT2D eigenvalue weighted by Crippen LogP contribution is 2.29. The number of halogens is 1. The molecule has 0 aromatic heterocycles. The lowest BCUT2D eigenvalue weighted by molar-refractivity contribution is 0.0545. The second kappa shape index (κ2) is 9.02. The Morgan fingerprint density at radius 2 is 2.16 bits per heavy atom. The molecular weight excluding hydrogens is 393 g/mol. The molecule has 2 heterocycles. The third kappa shape index (κ3) is 4.54. The highest BCUT2D eigenvalue weighted by Gasteiger charge is 2.31. The Bertz CT molecular complexity index is 1050. The fraction of sp³-hybridized carbons (Fsp3) is 0.360. The average Bonchev–Trinajstić information content (AvgIpc) is 3.36. The SMILES string of the molecule is CN=CC=C(N)c1ccc(Cc2cc3c(cc2C)CN(CC2CCCO2)C3=O)c(F)c1. The van der Waals surface area contributed by atoms with Crippen molar-refractivity contribution in [3.05, 3.63) is 75.6 Å². The molecule has 0 radical (unpaired) electrons. The van der Waals surface area contributed by atoms with Gasteiger partial charge in [-0.05, 0) is 60.2 Å². The second-order valence-electron chi connectivity index (χ2n) is 8.27. The van der Waals surface area contributed by atoms with Crippen LogP contribution in [0.3, 0.4) is 0 Å². The number of aryl methyl sites for hydroxylation is 1. The third-order valence-electron chi connectivity index (χ3n) is 6.06. The van der Waals surface area contributed by atoms with Crippen LogP contribution >= 0.6 is 0 Å². The maximum atomic E-state index is 14.8. The van der Waals surface area contributed by atoms with Gasteiger partial charge in [0, 0.05) is 56.2 Å². The second-order valence-corrected chi connectivity index (χ2v) is 8.27. The van der Waals surface area contributed by atoms with Crippen LogP contribution in [0.2, 0.25) is 0 Å². The van der Waals surface area contributed by atoms with E-state index in [4.69, 9.17) is 10.5 Å². The number of hydrogen-bond donors (Lipinski definition) is 1. The Morgan fingerprint density at radius 3 is 2.87 bits per heavy atom. The Hall–Kier alpha value is -2.99. The first-order valence-corrected chi connectivity index (χ1v) is 10.7. The highest BCUT2D eigenvalue weighted by atomic mass is 19.1. The van der Waals surface area contributed by atoms with Crippen molar-refractivity contribution in [1.29, 1.82) is 0 Å². The molecule has 1 unspecified atom stereocenters. The summed E-state index contributed by atoms with van der Waals surface area (Å²) in [7, 11) is 1.65. The Labute approximate surface area is 182 Å². The molecular formula is C25H28FN3O2. The molecule has 0 bridgehead atoms. The molecule has 1 amide bonds. The molecule has 2 aromatic carbocycles. The number of hydrogen-bond acceptors (Lipinski definition) is 4. The van der Waals surface area contributed by atoms with Crippen LogP contribution in [0.15, 0.2) is 41.4 Å². The van der Waals surface area contributed by atoms with Crippen LogP contribution in [-0.4, -0.2) is 43.3 Å². The van der Waals surface area contributed by atoms with Gasteiger partial charge in [0.2, 0.25) is 0 Å². The quantitative estimate of drug-likeness (QED) is 0.720. The Morgan fingerprint density at radius 1 is 1.32 bits per heavy atom. The van der Waals surface area contributed by atoms with E-state index in [2.05, 4.69) is 11.1 Å². The lowest BCUT2D eigenvalue weighted by Crippen LogP contribution is -2.32. The third-order valence-corrected chi connectivity index (χ3v) is 6.06. The molecule has 2 aliphatic heterocycles. The van der Waals surface area contributed by atoms with Crippen molar-refractivity contribution in [1.82, 2.24) is 4.90 Å². The zero-order valence-corrected chi connectivity index (χ0v) is 18.0. The van der Waals surface area contributed by atoms with E-state index in [0.29, 0.717) is 36.3 Å². The molecule has 4 rings (SSSR count). The van der Waals surface area contributed by atoms with Crippen molar-refractivity contribution in [2.24, 2.45) is 10.7 Å². The molecule has 1 fully saturated rings. The van der Waals surface area contributed by atoms with Crippen LogP contribution < -0.4 is 5.73 Å². The van der Waals surface area contributed by atoms with E-state index in [-0.39, 0.29) is 17.8 Å². The van der Waals surface area contributed by atoms with E-state index in [1.807, 2.05) is 24.0 Å². The first-order valence-electron chi connectivity index (χ1n) is 10.7. The fourth-order valence-electron chi connectivity index (χ4n) is 4.29. The summed E-state index contributed by atoms with van der Waals surface area (Å²) in [6.07, 6.45) is 5.84. The lowest BCUT2D eigenvalue weighted by atomic mass is 9.95. The van der Waals surface area contributed by atoms with Gasteiger partial charge in [-0.1, -0.05) is 18.2 Å². The molecule has 2 aliphatic rings. The summed E-state index contributed by atoms with van der Waals surface area (Å²) in [5, 5.41) is 0. The molecule has 6 heteroatoms. The molecule has 2 N–H and O–H groups in total. The molecule has 162 valence electrons. The monoisotopic (exact) mass is 421 g/mol. The number of nitrogens with zero attached hydrogens (tertiary/aromatic N) is 2. The topological polar surface area (TPSA) is 67.9 Å². The van der Waals surface area contributed by atoms with Crippen LogP contribution in [0.4, 0.5) is 4.39 Å². The number of carbonyl (C=O) groups excluding carboxylic acids is 1. The van der Waals surface area contributed by atoms with Gasteiger partial charge in [-0.2, -0.15) is 0 Å². The molecule has 0 spiro atoms. The van der Waals surface area contributed by atoms with E-state index >= 15 is 0 Å². The number of fused-ring (bicyclic) bond motifs is 1. The van der Waals surface area contributed by atoms with Gasteiger partial charge < -0.3 is 15.4 Å². The van der Waals surface area contributed by atoms with E-state index in [9.17, 15) is 9.18 Å². The van der Waals surface area contributed by atoms with Crippen molar-refractivity contribution in [3.8, 4) is 0 Å². The van der Waals surface area contributed by atoms with Gasteiger partial charge in [0.05, 0.1) is 6.10 Å². The number of nitrogens with two attached hydrogens (primary N) is 1. The van der Waals surface area contributed by atoms with Crippen molar-refractivity contribution in [2.75, 3.05) is 20.2 Å². The van der Waals surface area contributed by atoms with Gasteiger partial charge in [0.25, 0.3) is 5.91 Å². The van der Waals surface area contributed by atoms with Crippen LogP contribution in [0.5, 0.6) is 0 Å². The van der Waals surface area contributed by atoms with E-state index < -0.39 is 0 Å². The summed E-state index contributed by atoms with van der Waals surface area (Å²) in [5.41, 5.74) is 11.4. The molecule has 31 heavy (non-hydrogen) atoms. The van der Waals surface area contributed by atoms with Crippen molar-refractivity contribution < 1.29 is 13.9 Å². The van der Waals surface area contributed by atoms with E-state index in [1.54, 1.807) is 25.4 Å². The molecule has 0 aliphatic carbocycles. The normalized spacial score (nSPS) is 18.9. The number of ether oxygens (including phenoxy) is 1. The maximum absolute atomic E-state index is 14.8. The zero-order valence-electron chi connectivity index (χ0n) is 18.0. The largest absolute Gasteiger partial charge is 0.398 e. The number of allylic oxidation sites excluding steroid dienone is 1. The Kier molecular flexibility index (Phi) is 6.18. The predicted octanol–water partition coefficient (Wildman–Crippen LogP) is 3.86. The minimum absolute atomic E-state index is 0.0399. The molecule has 1 saturated heterocycles. The van der Waals surface area contributed by atoms with Crippen molar-refractivity contribution in [2.45, 2.75) is 38.8 Å². The van der Waals surface area contributed by atoms with Crippen LogP contribution in [0.25, 0.3) is 5.70 Å². The number of rotatable bonds is 6. The summed E-state index contributed by atoms with van der Waals surface area (Å²) in [6.45, 7) is 4.04. The fourth-order valence-corrected chi connectivity index (χ4v) is 4.29. The number of carbonyl (C=O) groups is 1. The predicted molar refractivity (Wildman–Crippen MR) is 121 cm³/mol. The summed E-state index contributed by atoms with van der Waals surface area (Å²) < 4.78 is 20.5. The minimum Gasteiger partial charge on any atom is -0.398 e. The van der Waals surface area contributed by atoms with Crippen molar-refractivity contribution in [3.63, 3.8) is 0 Å². The summed E-state index contributed by atoms with van der Waals surface area (Å²) >= 11 is 0. The molecule has 5 nitrogen and oxygen atoms in total. The number of benzene rings is 2. The van der Waals surface area contributed by atoms with Gasteiger partial charge in [-0.25, -0.2) is 4.39 Å². The van der Waals surface area contributed by atoms with Gasteiger partial charge in [-0.15, -0.1) is 0 Å². The number of aliphatic imine (C=N–C) groups is 1. The number of amides is 1. The van der Waals surface area contributed by atoms with Crippen molar-refractivity contribution >= 4 is 17.8 Å². The average molecular weight is 422 g/mol. The molecule has 0 saturated carbocycles. The molecule has 2 aromatic rings. The van der Waals surface area contributed by atoms with E-state index in [0.717, 1.165) is 41.7 Å². The first kappa shape index (κ1) is 21.2. The Balaban J connectivity index is 1.53. The summed E-state index contributed by atoms with van der Waals surface area (Å²) in [5.74, 6) is -0.272. The van der Waals surface area contributed by atoms with Crippen LogP contribution in [0.1, 0.15) is 51.0 Å². The zero-order chi connectivity index (χ0) is 22.0. The van der Waals surface area contributed by atoms with Gasteiger partial charge in [0.15, 0.2) is 0 Å². The van der Waals surface area contributed by atoms with Gasteiger partial charge in [0.1, 0.15) is 5.82 Å². The summed E-state index contributed by atoms with van der Waals surface area (Å²) in [4.78, 5) is 18.7. The summed E-state index contributed by atoms with van der Waals surface area (Å²) in [6, 6.07) is 9.01. The minimum atomic E-state index is -0.312. The smallest absolute Gasteiger partial charge is 0.254 e. The van der Waals surface area contributed by atoms with Gasteiger partial charge >= 0.3 is 0 Å². The maximum Gasteiger partial charge on any atom is 0.254 e. The van der Waals surface area contributed by atoms with Gasteiger partial charge in [-0.3, -0.25) is 9.79 Å². The van der Waals surface area contributed by atoms with E-state index in [1.165, 1.54) is 6.07 Å². The standard InChI is InChI=1S/C25H28FN3O2/c1-16-10-20-14-29(15-21-4-3-9-31-21)25(30)22(20)12-19(16)11-17-5-6-18(13-23(17)26)24(27)7-8-28-2/h5-8,10,12-13,21H,3-4,9,11,14-15,27H2,1-2H3. The first-order chi connectivity index (χ1) is 15.0. The van der Waals surface area contributed by atoms with Crippen LogP contribution in [-0.2, 0) is 17.7 Å². The molecule has 1 atom stereocenters. The van der Waals surface area contributed by atoms with Crippen LogP contribution in [0, 0.1) is 12.7 Å².